The van der Waals surface area contributed by atoms with Gasteiger partial charge in [0.15, 0.2) is 5.78 Å². The van der Waals surface area contributed by atoms with Crippen molar-refractivity contribution in [2.75, 3.05) is 11.9 Å². The minimum Gasteiger partial charge on any atom is -0.307 e. The first-order chi connectivity index (χ1) is 15.5. The molecule has 5 nitrogen and oxygen atoms in total. The van der Waals surface area contributed by atoms with Gasteiger partial charge in [-0.05, 0) is 93.5 Å². The van der Waals surface area contributed by atoms with Gasteiger partial charge in [0.2, 0.25) is 0 Å². The first-order valence-corrected chi connectivity index (χ1v) is 11.7. The normalized spacial score (nSPS) is 23.6. The summed E-state index contributed by atoms with van der Waals surface area (Å²) in [6.45, 7) is 2.38. The van der Waals surface area contributed by atoms with E-state index in [1.54, 1.807) is 36.4 Å². The highest BCUT2D eigenvalue weighted by atomic mass is 19.1. The first kappa shape index (κ1) is 22.5. The van der Waals surface area contributed by atoms with Gasteiger partial charge in [-0.15, -0.1) is 0 Å². The van der Waals surface area contributed by atoms with Gasteiger partial charge in [0, 0.05) is 23.8 Å². The number of urea groups is 1. The zero-order valence-electron chi connectivity index (χ0n) is 18.6. The fraction of sp³-hybridized carbons (Fsp3) is 0.462. The second kappa shape index (κ2) is 10.3. The Morgan fingerprint density at radius 1 is 1.03 bits per heavy atom. The Kier molecular flexibility index (Phi) is 7.20. The van der Waals surface area contributed by atoms with Crippen LogP contribution in [0.3, 0.4) is 0 Å². The van der Waals surface area contributed by atoms with Gasteiger partial charge in [-0.25, -0.2) is 14.2 Å². The Morgan fingerprint density at radius 3 is 2.50 bits per heavy atom. The van der Waals surface area contributed by atoms with Crippen LogP contribution in [0.15, 0.2) is 48.5 Å². The van der Waals surface area contributed by atoms with E-state index in [0.717, 1.165) is 38.6 Å². The first-order valence-electron chi connectivity index (χ1n) is 11.7. The number of hydrogen-bond acceptors (Lipinski definition) is 3. The average Bonchev–Trinajstić information content (AvgIpc) is 3.24. The van der Waals surface area contributed by atoms with E-state index in [2.05, 4.69) is 15.8 Å². The van der Waals surface area contributed by atoms with Crippen molar-refractivity contribution in [2.24, 2.45) is 11.8 Å². The summed E-state index contributed by atoms with van der Waals surface area (Å²) in [6, 6.07) is 14.0. The lowest BCUT2D eigenvalue weighted by atomic mass is 9.76. The molecule has 170 valence electrons. The molecule has 1 heterocycles. The van der Waals surface area contributed by atoms with Crippen molar-refractivity contribution < 1.29 is 14.0 Å². The van der Waals surface area contributed by atoms with Gasteiger partial charge in [0.05, 0.1) is 0 Å². The molecule has 1 saturated heterocycles. The van der Waals surface area contributed by atoms with Crippen molar-refractivity contribution in [1.82, 2.24) is 10.4 Å². The van der Waals surface area contributed by atoms with Crippen molar-refractivity contribution in [1.29, 1.82) is 0 Å². The van der Waals surface area contributed by atoms with Gasteiger partial charge >= 0.3 is 6.03 Å². The number of hydrazine groups is 1. The van der Waals surface area contributed by atoms with Gasteiger partial charge in [-0.1, -0.05) is 24.3 Å². The maximum absolute atomic E-state index is 13.1. The third-order valence-electron chi connectivity index (χ3n) is 6.94. The Hall–Kier alpha value is -2.73. The summed E-state index contributed by atoms with van der Waals surface area (Å²) in [5, 5.41) is 4.96. The number of hydrogen-bond donors (Lipinski definition) is 2. The lowest BCUT2D eigenvalue weighted by Crippen LogP contribution is -2.49. The highest BCUT2D eigenvalue weighted by Gasteiger charge is 2.35. The van der Waals surface area contributed by atoms with E-state index in [9.17, 15) is 14.0 Å². The molecule has 2 aliphatic rings. The maximum Gasteiger partial charge on any atom is 0.333 e. The fourth-order valence-corrected chi connectivity index (χ4v) is 5.26. The number of nitrogens with one attached hydrogen (secondary N) is 2. The second-order valence-electron chi connectivity index (χ2n) is 9.22. The third-order valence-corrected chi connectivity index (χ3v) is 6.94. The van der Waals surface area contributed by atoms with Gasteiger partial charge in [0.25, 0.3) is 0 Å². The van der Waals surface area contributed by atoms with Gasteiger partial charge in [-0.2, -0.15) is 0 Å². The Balaban J connectivity index is 1.27. The molecule has 2 amide bonds. The quantitative estimate of drug-likeness (QED) is 0.580. The fourth-order valence-electron chi connectivity index (χ4n) is 5.26. The van der Waals surface area contributed by atoms with E-state index >= 15 is 0 Å². The molecule has 0 spiro atoms. The van der Waals surface area contributed by atoms with E-state index in [1.165, 1.54) is 25.3 Å². The highest BCUT2D eigenvalue weighted by molar-refractivity contribution is 5.96. The standard InChI is InChI=1S/C26H32FN3O2/c1-18(31)22-4-2-5-24(17-22)28-26(32)29-30-15-3-6-25(30)21-11-7-19(8-12-21)16-20-9-13-23(27)14-10-20/h2,4-5,9-10,13-14,17,19,21,25H,3,6-8,11-12,15-16H2,1H3,(H2,28,29,32)/t19?,21?,25-/m0/s1. The molecular formula is C26H32FN3O2. The lowest BCUT2D eigenvalue weighted by molar-refractivity contribution is 0.101. The molecule has 1 aliphatic carbocycles. The van der Waals surface area contributed by atoms with Crippen LogP contribution in [-0.2, 0) is 6.42 Å². The predicted octanol–water partition coefficient (Wildman–Crippen LogP) is 5.58. The Bertz CT molecular complexity index is 938. The van der Waals surface area contributed by atoms with Crippen LogP contribution in [0.2, 0.25) is 0 Å². The number of Topliss-reactive ketones (excluding diaryl/α,β-unsaturated/α-hetero) is 1. The number of ketones is 1. The number of carbonyl (C=O) groups excluding carboxylic acids is 2. The molecule has 0 unspecified atom stereocenters. The second-order valence-corrected chi connectivity index (χ2v) is 9.22. The van der Waals surface area contributed by atoms with Crippen LogP contribution < -0.4 is 10.7 Å². The van der Waals surface area contributed by atoms with Crippen LogP contribution in [0, 0.1) is 17.7 Å². The van der Waals surface area contributed by atoms with E-state index in [-0.39, 0.29) is 17.6 Å². The summed E-state index contributed by atoms with van der Waals surface area (Å²) in [5.41, 5.74) is 5.46. The van der Waals surface area contributed by atoms with E-state index < -0.39 is 0 Å². The van der Waals surface area contributed by atoms with Crippen LogP contribution in [0.4, 0.5) is 14.9 Å². The number of amides is 2. The number of carbonyl (C=O) groups is 2. The van der Waals surface area contributed by atoms with E-state index in [0.29, 0.717) is 29.1 Å². The molecule has 1 saturated carbocycles. The average molecular weight is 438 g/mol. The van der Waals surface area contributed by atoms with Crippen molar-refractivity contribution in [3.63, 3.8) is 0 Å². The third kappa shape index (κ3) is 5.74. The monoisotopic (exact) mass is 437 g/mol. The molecule has 32 heavy (non-hydrogen) atoms. The molecule has 1 atom stereocenters. The smallest absolute Gasteiger partial charge is 0.307 e. The van der Waals surface area contributed by atoms with E-state index in [1.807, 2.05) is 12.1 Å². The lowest BCUT2D eigenvalue weighted by Gasteiger charge is -2.36. The minimum absolute atomic E-state index is 0.0244. The molecule has 2 fully saturated rings. The van der Waals surface area contributed by atoms with Gasteiger partial charge in [-0.3, -0.25) is 10.2 Å². The van der Waals surface area contributed by atoms with Crippen LogP contribution in [0.1, 0.15) is 61.4 Å². The molecule has 2 aromatic rings. The topological polar surface area (TPSA) is 61.4 Å². The van der Waals surface area contributed by atoms with Crippen molar-refractivity contribution in [3.05, 3.63) is 65.5 Å². The highest BCUT2D eigenvalue weighted by Crippen LogP contribution is 2.37. The molecule has 6 heteroatoms. The molecule has 0 radical (unpaired) electrons. The summed E-state index contributed by atoms with van der Waals surface area (Å²) in [6.07, 6.45) is 7.88. The summed E-state index contributed by atoms with van der Waals surface area (Å²) < 4.78 is 13.1. The Morgan fingerprint density at radius 2 is 1.78 bits per heavy atom. The predicted molar refractivity (Wildman–Crippen MR) is 124 cm³/mol. The minimum atomic E-state index is -0.261. The zero-order chi connectivity index (χ0) is 22.5. The molecule has 0 aromatic heterocycles. The number of anilines is 1. The van der Waals surface area contributed by atoms with Crippen molar-refractivity contribution in [3.8, 4) is 0 Å². The molecule has 4 rings (SSSR count). The van der Waals surface area contributed by atoms with Crippen LogP contribution in [-0.4, -0.2) is 29.4 Å². The van der Waals surface area contributed by atoms with Gasteiger partial charge < -0.3 is 5.32 Å². The van der Waals surface area contributed by atoms with Crippen molar-refractivity contribution in [2.45, 2.75) is 57.9 Å². The number of benzene rings is 2. The van der Waals surface area contributed by atoms with Crippen molar-refractivity contribution >= 4 is 17.5 Å². The van der Waals surface area contributed by atoms with Gasteiger partial charge in [0.1, 0.15) is 5.82 Å². The molecule has 0 bridgehead atoms. The molecule has 2 N–H and O–H groups in total. The summed E-state index contributed by atoms with van der Waals surface area (Å²) in [4.78, 5) is 24.1. The molecule has 2 aromatic carbocycles. The van der Waals surface area contributed by atoms with E-state index in [4.69, 9.17) is 0 Å². The number of rotatable bonds is 6. The summed E-state index contributed by atoms with van der Waals surface area (Å²) in [7, 11) is 0. The summed E-state index contributed by atoms with van der Waals surface area (Å²) >= 11 is 0. The largest absolute Gasteiger partial charge is 0.333 e. The summed E-state index contributed by atoms with van der Waals surface area (Å²) in [5.74, 6) is 1.03. The van der Waals surface area contributed by atoms with Crippen LogP contribution in [0.25, 0.3) is 0 Å². The molecule has 1 aliphatic heterocycles. The van der Waals surface area contributed by atoms with Crippen LogP contribution >= 0.6 is 0 Å². The zero-order valence-corrected chi connectivity index (χ0v) is 18.6. The number of halogens is 1. The molecular weight excluding hydrogens is 405 g/mol. The van der Waals surface area contributed by atoms with Crippen LogP contribution in [0.5, 0.6) is 0 Å². The SMILES string of the molecule is CC(=O)c1cccc(NC(=O)NN2CCC[C@H]2C2CCC(Cc3ccc(F)cc3)CC2)c1. The number of nitrogens with zero attached hydrogens (tertiary/aromatic N) is 1. The Labute approximate surface area is 189 Å². The maximum atomic E-state index is 13.1.